The fraction of sp³-hybridized carbons (Fsp3) is 1.00. The Labute approximate surface area is 66.7 Å². The van der Waals surface area contributed by atoms with E-state index >= 15 is 0 Å². The highest BCUT2D eigenvalue weighted by molar-refractivity contribution is 9.09. The Balaban J connectivity index is 3.99. The molecule has 0 spiro atoms. The third kappa shape index (κ3) is 5.34. The van der Waals surface area contributed by atoms with E-state index in [1.807, 2.05) is 15.9 Å². The molecular weight excluding hydrogens is 242 g/mol. The zero-order chi connectivity index (χ0) is 9.28. The number of hydrogen-bond donors (Lipinski definition) is 0. The van der Waals surface area contributed by atoms with Crippen molar-refractivity contribution in [2.24, 2.45) is 0 Å². The predicted molar refractivity (Wildman–Crippen MR) is 29.4 cm³/mol. The second-order valence-corrected chi connectivity index (χ2v) is 2.93. The van der Waals surface area contributed by atoms with Crippen LogP contribution in [-0.4, -0.2) is 17.2 Å². The van der Waals surface area contributed by atoms with Crippen molar-refractivity contribution in [2.75, 3.05) is 0 Å². The Kier molecular flexibility index (Phi) is 3.22. The van der Waals surface area contributed by atoms with Crippen LogP contribution in [0.5, 0.6) is 0 Å². The first-order chi connectivity index (χ1) is 4.63. The maximum absolute atomic E-state index is 11.4. The summed E-state index contributed by atoms with van der Waals surface area (Å²) < 4.78 is 68.2. The fourth-order valence-corrected chi connectivity index (χ4v) is 0.686. The van der Waals surface area contributed by atoms with E-state index in [9.17, 15) is 26.3 Å². The molecule has 0 rings (SSSR count). The highest BCUT2D eigenvalue weighted by Gasteiger charge is 2.44. The topological polar surface area (TPSA) is 0 Å². The third-order valence-electron chi connectivity index (χ3n) is 0.766. The summed E-state index contributed by atoms with van der Waals surface area (Å²) in [6.07, 6.45) is -11.5. The van der Waals surface area contributed by atoms with E-state index in [0.717, 1.165) is 0 Å². The average molecular weight is 245 g/mol. The van der Waals surface area contributed by atoms with Gasteiger partial charge in [-0.05, 0) is 0 Å². The molecule has 0 aromatic rings. The Bertz CT molecular complexity index is 124. The Morgan fingerprint density at radius 1 is 1.00 bits per heavy atom. The lowest BCUT2D eigenvalue weighted by Gasteiger charge is -2.15. The molecule has 0 N–H and O–H groups in total. The van der Waals surface area contributed by atoms with Gasteiger partial charge in [0.25, 0.3) is 0 Å². The Hall–Kier alpha value is 0.0600. The monoisotopic (exact) mass is 244 g/mol. The summed E-state index contributed by atoms with van der Waals surface area (Å²) in [6, 6.07) is 0. The van der Waals surface area contributed by atoms with Crippen LogP contribution in [0.3, 0.4) is 0 Å². The van der Waals surface area contributed by atoms with Crippen molar-refractivity contribution in [1.29, 1.82) is 0 Å². The summed E-state index contributed by atoms with van der Waals surface area (Å²) in [7, 11) is 0. The molecule has 0 fully saturated rings. The largest absolute Gasteiger partial charge is 0.401 e. The molecule has 0 aromatic heterocycles. The second-order valence-electron chi connectivity index (χ2n) is 1.83. The van der Waals surface area contributed by atoms with E-state index in [2.05, 4.69) is 0 Å². The van der Waals surface area contributed by atoms with E-state index in [-0.39, 0.29) is 0 Å². The van der Waals surface area contributed by atoms with Crippen molar-refractivity contribution in [2.45, 2.75) is 23.6 Å². The summed E-state index contributed by atoms with van der Waals surface area (Å²) >= 11 is 1.89. The molecule has 68 valence electrons. The SMILES string of the molecule is FC(F)(F)C[C@@H](Br)C(F)(F)F. The van der Waals surface area contributed by atoms with E-state index in [1.165, 1.54) is 0 Å². The van der Waals surface area contributed by atoms with E-state index < -0.39 is 23.6 Å². The van der Waals surface area contributed by atoms with Gasteiger partial charge in [-0.2, -0.15) is 26.3 Å². The third-order valence-corrected chi connectivity index (χ3v) is 1.61. The van der Waals surface area contributed by atoms with Gasteiger partial charge < -0.3 is 0 Å². The minimum Gasteiger partial charge on any atom is -0.171 e. The van der Waals surface area contributed by atoms with Gasteiger partial charge >= 0.3 is 12.4 Å². The molecule has 0 amide bonds. The van der Waals surface area contributed by atoms with Crippen LogP contribution >= 0.6 is 15.9 Å². The lowest BCUT2D eigenvalue weighted by atomic mass is 10.3. The number of halogens is 7. The standard InChI is InChI=1S/C4H3BrF6/c5-2(4(9,10)11)1-3(6,7)8/h2H,1H2/t2-/m1/s1. The van der Waals surface area contributed by atoms with Crippen LogP contribution in [0.4, 0.5) is 26.3 Å². The van der Waals surface area contributed by atoms with Gasteiger partial charge in [-0.25, -0.2) is 0 Å². The summed E-state index contributed by atoms with van der Waals surface area (Å²) in [4.78, 5) is -2.50. The maximum Gasteiger partial charge on any atom is 0.401 e. The molecule has 0 radical (unpaired) electrons. The minimum absolute atomic E-state index is 1.89. The van der Waals surface area contributed by atoms with Gasteiger partial charge in [-0.1, -0.05) is 15.9 Å². The molecule has 0 aliphatic carbocycles. The predicted octanol–water partition coefficient (Wildman–Crippen LogP) is 3.26. The van der Waals surface area contributed by atoms with Crippen molar-refractivity contribution in [3.8, 4) is 0 Å². The summed E-state index contributed by atoms with van der Waals surface area (Å²) in [5, 5.41) is 0. The van der Waals surface area contributed by atoms with E-state index in [0.29, 0.717) is 0 Å². The average Bonchev–Trinajstić information content (AvgIpc) is 1.56. The van der Waals surface area contributed by atoms with Crippen molar-refractivity contribution in [1.82, 2.24) is 0 Å². The van der Waals surface area contributed by atoms with Crippen LogP contribution in [0.25, 0.3) is 0 Å². The summed E-state index contributed by atoms with van der Waals surface area (Å²) in [6.45, 7) is 0. The lowest BCUT2D eigenvalue weighted by molar-refractivity contribution is -0.177. The zero-order valence-corrected chi connectivity index (χ0v) is 6.52. The number of hydrogen-bond acceptors (Lipinski definition) is 0. The normalized spacial score (nSPS) is 16.6. The van der Waals surface area contributed by atoms with Gasteiger partial charge in [0, 0.05) is 0 Å². The molecule has 0 heterocycles. The molecule has 0 aromatic carbocycles. The molecule has 0 saturated carbocycles. The Morgan fingerprint density at radius 2 is 1.36 bits per heavy atom. The van der Waals surface area contributed by atoms with Gasteiger partial charge in [0.2, 0.25) is 0 Å². The van der Waals surface area contributed by atoms with Crippen LogP contribution in [-0.2, 0) is 0 Å². The van der Waals surface area contributed by atoms with Gasteiger partial charge in [-0.15, -0.1) is 0 Å². The van der Waals surface area contributed by atoms with Gasteiger partial charge in [0.05, 0.1) is 6.42 Å². The van der Waals surface area contributed by atoms with Gasteiger partial charge in [0.1, 0.15) is 4.83 Å². The number of rotatable bonds is 1. The zero-order valence-electron chi connectivity index (χ0n) is 4.93. The fourth-order valence-electron chi connectivity index (χ4n) is 0.319. The first-order valence-electron chi connectivity index (χ1n) is 2.40. The van der Waals surface area contributed by atoms with Crippen LogP contribution in [0.2, 0.25) is 0 Å². The van der Waals surface area contributed by atoms with Crippen LogP contribution in [0, 0.1) is 0 Å². The molecule has 0 bridgehead atoms. The van der Waals surface area contributed by atoms with Crippen LogP contribution in [0.1, 0.15) is 6.42 Å². The minimum atomic E-state index is -4.84. The molecule has 0 aliphatic rings. The van der Waals surface area contributed by atoms with Gasteiger partial charge in [0.15, 0.2) is 0 Å². The van der Waals surface area contributed by atoms with Crippen LogP contribution in [0.15, 0.2) is 0 Å². The molecule has 0 aliphatic heterocycles. The molecule has 7 heteroatoms. The van der Waals surface area contributed by atoms with E-state index in [4.69, 9.17) is 0 Å². The van der Waals surface area contributed by atoms with E-state index in [1.54, 1.807) is 0 Å². The first-order valence-corrected chi connectivity index (χ1v) is 3.32. The van der Waals surface area contributed by atoms with Gasteiger partial charge in [-0.3, -0.25) is 0 Å². The number of alkyl halides is 7. The maximum atomic E-state index is 11.4. The first kappa shape index (κ1) is 11.1. The molecule has 1 atom stereocenters. The van der Waals surface area contributed by atoms with Crippen molar-refractivity contribution in [3.63, 3.8) is 0 Å². The molecular formula is C4H3BrF6. The highest BCUT2D eigenvalue weighted by Crippen LogP contribution is 2.35. The van der Waals surface area contributed by atoms with Crippen molar-refractivity contribution < 1.29 is 26.3 Å². The van der Waals surface area contributed by atoms with Crippen LogP contribution < -0.4 is 0 Å². The molecule has 0 nitrogen and oxygen atoms in total. The lowest BCUT2D eigenvalue weighted by Crippen LogP contribution is -2.28. The molecule has 0 unspecified atom stereocenters. The second kappa shape index (κ2) is 3.20. The van der Waals surface area contributed by atoms with Crippen molar-refractivity contribution in [3.05, 3.63) is 0 Å². The Morgan fingerprint density at radius 3 is 1.45 bits per heavy atom. The molecule has 11 heavy (non-hydrogen) atoms. The summed E-state index contributed by atoms with van der Waals surface area (Å²) in [5.41, 5.74) is 0. The van der Waals surface area contributed by atoms with Crippen molar-refractivity contribution >= 4 is 15.9 Å². The highest BCUT2D eigenvalue weighted by atomic mass is 79.9. The molecule has 0 saturated heterocycles. The smallest absolute Gasteiger partial charge is 0.171 e. The summed E-state index contributed by atoms with van der Waals surface area (Å²) in [5.74, 6) is 0. The quantitative estimate of drug-likeness (QED) is 0.491.